The maximum atomic E-state index is 12.3. The highest BCUT2D eigenvalue weighted by Gasteiger charge is 2.28. The number of amides is 1. The lowest BCUT2D eigenvalue weighted by Gasteiger charge is -2.31. The molecule has 0 bridgehead atoms. The van der Waals surface area contributed by atoms with E-state index in [1.54, 1.807) is 0 Å². The zero-order valence-electron chi connectivity index (χ0n) is 14.5. The first-order valence-electron chi connectivity index (χ1n) is 8.68. The van der Waals surface area contributed by atoms with Crippen LogP contribution in [-0.4, -0.2) is 28.4 Å². The van der Waals surface area contributed by atoms with E-state index in [4.69, 9.17) is 4.98 Å². The molecule has 0 saturated carbocycles. The molecule has 0 radical (unpaired) electrons. The first kappa shape index (κ1) is 15.8. The molecule has 1 amide bonds. The smallest absolute Gasteiger partial charge is 0.227 e. The van der Waals surface area contributed by atoms with Crippen molar-refractivity contribution in [2.75, 3.05) is 18.4 Å². The highest BCUT2D eigenvalue weighted by Crippen LogP contribution is 2.23. The number of aryl methyl sites for hydroxylation is 1. The number of carbonyl (C=O) groups excluding carboxylic acids is 1. The Labute approximate surface area is 147 Å². The molecule has 2 aromatic heterocycles. The Morgan fingerprint density at radius 1 is 1.28 bits per heavy atom. The second-order valence-electron chi connectivity index (χ2n) is 6.82. The molecule has 1 unspecified atom stereocenters. The summed E-state index contributed by atoms with van der Waals surface area (Å²) in [6.07, 6.45) is 4.03. The number of pyridine rings is 1. The average molecular weight is 334 g/mol. The maximum Gasteiger partial charge on any atom is 0.227 e. The Bertz CT molecular complexity index is 909. The van der Waals surface area contributed by atoms with Gasteiger partial charge in [0.25, 0.3) is 0 Å². The molecule has 0 aliphatic carbocycles. The van der Waals surface area contributed by atoms with Crippen LogP contribution in [0.5, 0.6) is 0 Å². The van der Waals surface area contributed by atoms with Crippen molar-refractivity contribution in [3.8, 4) is 11.3 Å². The van der Waals surface area contributed by atoms with Crippen molar-refractivity contribution in [2.45, 2.75) is 13.8 Å². The lowest BCUT2D eigenvalue weighted by Crippen LogP contribution is -2.48. The maximum absolute atomic E-state index is 12.3. The summed E-state index contributed by atoms with van der Waals surface area (Å²) in [7, 11) is 0. The molecule has 2 N–H and O–H groups in total. The fraction of sp³-hybridized carbons (Fsp3) is 0.300. The Kier molecular flexibility index (Phi) is 4.01. The van der Waals surface area contributed by atoms with Gasteiger partial charge in [-0.3, -0.25) is 4.79 Å². The summed E-state index contributed by atoms with van der Waals surface area (Å²) >= 11 is 0. The van der Waals surface area contributed by atoms with Gasteiger partial charge in [0, 0.05) is 29.6 Å². The summed E-state index contributed by atoms with van der Waals surface area (Å²) in [6, 6.07) is 12.0. The van der Waals surface area contributed by atoms with E-state index in [9.17, 15) is 4.79 Å². The number of aromatic nitrogens is 2. The molecule has 5 heteroatoms. The highest BCUT2D eigenvalue weighted by molar-refractivity contribution is 5.92. The summed E-state index contributed by atoms with van der Waals surface area (Å²) < 4.78 is 2.04. The molecule has 3 heterocycles. The van der Waals surface area contributed by atoms with Gasteiger partial charge in [-0.1, -0.05) is 25.1 Å². The number of hydrogen-bond donors (Lipinski definition) is 2. The molecular formula is C20H22N4O. The van der Waals surface area contributed by atoms with Crippen LogP contribution in [0, 0.1) is 18.8 Å². The topological polar surface area (TPSA) is 58.4 Å². The van der Waals surface area contributed by atoms with Crippen LogP contribution in [0.2, 0.25) is 0 Å². The fourth-order valence-electron chi connectivity index (χ4n) is 3.15. The molecule has 1 atom stereocenters. The lowest BCUT2D eigenvalue weighted by molar-refractivity contribution is -0.121. The van der Waals surface area contributed by atoms with E-state index < -0.39 is 0 Å². The van der Waals surface area contributed by atoms with Crippen molar-refractivity contribution in [1.29, 1.82) is 0 Å². The largest absolute Gasteiger partial charge is 0.326 e. The predicted molar refractivity (Wildman–Crippen MR) is 99.5 cm³/mol. The first-order chi connectivity index (χ1) is 12.1. The van der Waals surface area contributed by atoms with Crippen LogP contribution >= 0.6 is 0 Å². The van der Waals surface area contributed by atoms with E-state index in [0.717, 1.165) is 41.2 Å². The van der Waals surface area contributed by atoms with Gasteiger partial charge in [0.05, 0.1) is 5.69 Å². The van der Waals surface area contributed by atoms with Crippen molar-refractivity contribution < 1.29 is 4.79 Å². The second-order valence-corrected chi connectivity index (χ2v) is 6.82. The van der Waals surface area contributed by atoms with Crippen molar-refractivity contribution >= 4 is 17.2 Å². The van der Waals surface area contributed by atoms with Crippen LogP contribution in [-0.2, 0) is 4.79 Å². The number of rotatable bonds is 4. The molecule has 4 rings (SSSR count). The van der Waals surface area contributed by atoms with E-state index in [1.165, 1.54) is 0 Å². The third-order valence-electron chi connectivity index (χ3n) is 5.06. The molecule has 1 saturated heterocycles. The van der Waals surface area contributed by atoms with E-state index in [2.05, 4.69) is 23.6 Å². The first-order valence-corrected chi connectivity index (χ1v) is 8.68. The fourth-order valence-corrected chi connectivity index (χ4v) is 3.15. The van der Waals surface area contributed by atoms with E-state index in [0.29, 0.717) is 5.92 Å². The van der Waals surface area contributed by atoms with Gasteiger partial charge in [0.1, 0.15) is 5.65 Å². The number of nitrogens with zero attached hydrogens (tertiary/aromatic N) is 2. The van der Waals surface area contributed by atoms with Gasteiger partial charge in [-0.25, -0.2) is 4.98 Å². The van der Waals surface area contributed by atoms with Crippen LogP contribution in [0.4, 0.5) is 5.69 Å². The number of imidazole rings is 1. The summed E-state index contributed by atoms with van der Waals surface area (Å²) in [5.74, 6) is 0.561. The van der Waals surface area contributed by atoms with Gasteiger partial charge in [-0.05, 0) is 49.7 Å². The molecule has 0 spiro atoms. The summed E-state index contributed by atoms with van der Waals surface area (Å²) in [4.78, 5) is 17.0. The van der Waals surface area contributed by atoms with E-state index >= 15 is 0 Å². The zero-order chi connectivity index (χ0) is 17.4. The van der Waals surface area contributed by atoms with Crippen LogP contribution in [0.3, 0.4) is 0 Å². The van der Waals surface area contributed by atoms with Crippen molar-refractivity contribution in [2.24, 2.45) is 11.8 Å². The quantitative estimate of drug-likeness (QED) is 0.771. The minimum absolute atomic E-state index is 0.0299. The molecule has 5 nitrogen and oxygen atoms in total. The van der Waals surface area contributed by atoms with E-state index in [1.807, 2.05) is 54.0 Å². The highest BCUT2D eigenvalue weighted by atomic mass is 16.1. The minimum Gasteiger partial charge on any atom is -0.326 e. The van der Waals surface area contributed by atoms with Crippen LogP contribution in [0.15, 0.2) is 48.8 Å². The van der Waals surface area contributed by atoms with Crippen molar-refractivity contribution in [3.63, 3.8) is 0 Å². The van der Waals surface area contributed by atoms with Crippen LogP contribution in [0.25, 0.3) is 16.9 Å². The van der Waals surface area contributed by atoms with Crippen LogP contribution in [0.1, 0.15) is 12.5 Å². The SMILES string of the molecule is Cc1cccn2cc(-c3ccc(NC(=O)C(C)C4CNC4)cc3)nc12. The molecular weight excluding hydrogens is 312 g/mol. The Morgan fingerprint density at radius 2 is 2.04 bits per heavy atom. The van der Waals surface area contributed by atoms with Gasteiger partial charge in [0.15, 0.2) is 0 Å². The van der Waals surface area contributed by atoms with Gasteiger partial charge in [-0.15, -0.1) is 0 Å². The summed E-state index contributed by atoms with van der Waals surface area (Å²) in [6.45, 7) is 5.92. The lowest BCUT2D eigenvalue weighted by atomic mass is 9.88. The molecule has 1 aliphatic heterocycles. The second kappa shape index (κ2) is 6.33. The molecule has 128 valence electrons. The Morgan fingerprint density at radius 3 is 2.68 bits per heavy atom. The van der Waals surface area contributed by atoms with E-state index in [-0.39, 0.29) is 11.8 Å². The number of fused-ring (bicyclic) bond motifs is 1. The normalized spacial score (nSPS) is 15.8. The Balaban J connectivity index is 1.51. The molecule has 3 aromatic rings. The predicted octanol–water partition coefficient (Wildman–Crippen LogP) is 3.10. The molecule has 25 heavy (non-hydrogen) atoms. The Hall–Kier alpha value is -2.66. The van der Waals surface area contributed by atoms with Crippen molar-refractivity contribution in [3.05, 3.63) is 54.4 Å². The molecule has 1 fully saturated rings. The third-order valence-corrected chi connectivity index (χ3v) is 5.06. The van der Waals surface area contributed by atoms with Gasteiger partial charge >= 0.3 is 0 Å². The summed E-state index contributed by atoms with van der Waals surface area (Å²) in [5.41, 5.74) is 4.92. The molecule has 1 aliphatic rings. The molecule has 1 aromatic carbocycles. The van der Waals surface area contributed by atoms with Gasteiger partial charge < -0.3 is 15.0 Å². The van der Waals surface area contributed by atoms with Crippen LogP contribution < -0.4 is 10.6 Å². The number of benzene rings is 1. The van der Waals surface area contributed by atoms with Gasteiger partial charge in [-0.2, -0.15) is 0 Å². The third kappa shape index (κ3) is 3.03. The monoisotopic (exact) mass is 334 g/mol. The zero-order valence-corrected chi connectivity index (χ0v) is 14.5. The average Bonchev–Trinajstić information content (AvgIpc) is 2.99. The summed E-state index contributed by atoms with van der Waals surface area (Å²) in [5, 5.41) is 6.23. The number of hydrogen-bond acceptors (Lipinski definition) is 3. The van der Waals surface area contributed by atoms with Crippen molar-refractivity contribution in [1.82, 2.24) is 14.7 Å². The number of anilines is 1. The number of carbonyl (C=O) groups is 1. The number of nitrogens with one attached hydrogen (secondary N) is 2. The minimum atomic E-state index is 0.0299. The van der Waals surface area contributed by atoms with Gasteiger partial charge in [0.2, 0.25) is 5.91 Å². The standard InChI is InChI=1S/C20H22N4O/c1-13-4-3-9-24-12-18(23-19(13)24)15-5-7-17(8-6-15)22-20(25)14(2)16-10-21-11-16/h3-9,12,14,16,21H,10-11H2,1-2H3,(H,22,25).